The number of carbonyl (C=O) groups is 1. The summed E-state index contributed by atoms with van der Waals surface area (Å²) in [6.07, 6.45) is 1.31. The van der Waals surface area contributed by atoms with E-state index in [1.807, 2.05) is 24.3 Å². The predicted molar refractivity (Wildman–Crippen MR) is 77.5 cm³/mol. The molecule has 0 bridgehead atoms. The summed E-state index contributed by atoms with van der Waals surface area (Å²) in [7, 11) is 1.66. The molecule has 2 N–H and O–H groups in total. The Morgan fingerprint density at radius 2 is 1.95 bits per heavy atom. The van der Waals surface area contributed by atoms with E-state index < -0.39 is 0 Å². The molecule has 0 aliphatic rings. The Labute approximate surface area is 119 Å². The van der Waals surface area contributed by atoms with E-state index in [1.54, 1.807) is 7.11 Å². The molecular formula is C14H21ClN2O2. The molecule has 0 unspecified atom stereocenters. The monoisotopic (exact) mass is 284 g/mol. The molecule has 1 aromatic carbocycles. The average molecular weight is 285 g/mol. The molecule has 0 saturated carbocycles. The van der Waals surface area contributed by atoms with Crippen LogP contribution >= 0.6 is 11.6 Å². The quantitative estimate of drug-likeness (QED) is 0.678. The highest BCUT2D eigenvalue weighted by atomic mass is 35.5. The molecular weight excluding hydrogens is 264 g/mol. The molecule has 19 heavy (non-hydrogen) atoms. The Hall–Kier alpha value is -1.10. The number of methoxy groups -OCH3 is 1. The van der Waals surface area contributed by atoms with Gasteiger partial charge in [0.15, 0.2) is 0 Å². The van der Waals surface area contributed by atoms with Crippen molar-refractivity contribution in [3.63, 3.8) is 0 Å². The molecule has 5 heteroatoms. The van der Waals surface area contributed by atoms with Gasteiger partial charge in [0.25, 0.3) is 0 Å². The van der Waals surface area contributed by atoms with Crippen LogP contribution in [0.3, 0.4) is 0 Å². The summed E-state index contributed by atoms with van der Waals surface area (Å²) >= 11 is 5.80. The van der Waals surface area contributed by atoms with Crippen molar-refractivity contribution < 1.29 is 9.53 Å². The maximum atomic E-state index is 11.5. The van der Waals surface area contributed by atoms with Crippen LogP contribution in [0.25, 0.3) is 0 Å². The Morgan fingerprint density at radius 3 is 2.63 bits per heavy atom. The van der Waals surface area contributed by atoms with Gasteiger partial charge in [0.05, 0.1) is 6.61 Å². The normalized spacial score (nSPS) is 10.4. The fourth-order valence-electron chi connectivity index (χ4n) is 1.59. The highest BCUT2D eigenvalue weighted by Gasteiger charge is 2.00. The maximum absolute atomic E-state index is 11.5. The second-order valence-electron chi connectivity index (χ2n) is 4.22. The van der Waals surface area contributed by atoms with E-state index in [1.165, 1.54) is 5.56 Å². The zero-order valence-corrected chi connectivity index (χ0v) is 12.0. The average Bonchev–Trinajstić information content (AvgIpc) is 2.41. The van der Waals surface area contributed by atoms with Crippen molar-refractivity contribution in [3.8, 4) is 0 Å². The van der Waals surface area contributed by atoms with Crippen molar-refractivity contribution in [2.45, 2.75) is 12.8 Å². The first-order chi connectivity index (χ1) is 9.22. The number of ether oxygens (including phenoxy) is 1. The standard InChI is InChI=1S/C14H21ClN2O2/c1-19-11-10-16-8-7-14(18)17-9-6-12-2-4-13(15)5-3-12/h2-5,16H,6-11H2,1H3,(H,17,18). The predicted octanol–water partition coefficient (Wildman–Crippen LogP) is 1.62. The number of benzene rings is 1. The van der Waals surface area contributed by atoms with Crippen LogP contribution in [0, 0.1) is 0 Å². The van der Waals surface area contributed by atoms with Gasteiger partial charge in [0, 0.05) is 38.2 Å². The van der Waals surface area contributed by atoms with Crippen LogP contribution in [0.2, 0.25) is 5.02 Å². The number of hydrogen-bond donors (Lipinski definition) is 2. The largest absolute Gasteiger partial charge is 0.383 e. The molecule has 4 nitrogen and oxygen atoms in total. The first kappa shape index (κ1) is 16.0. The third-order valence-electron chi connectivity index (χ3n) is 2.66. The Kier molecular flexibility index (Phi) is 8.21. The van der Waals surface area contributed by atoms with E-state index in [-0.39, 0.29) is 5.91 Å². The molecule has 0 fully saturated rings. The number of nitrogens with one attached hydrogen (secondary N) is 2. The van der Waals surface area contributed by atoms with Gasteiger partial charge >= 0.3 is 0 Å². The highest BCUT2D eigenvalue weighted by molar-refractivity contribution is 6.30. The summed E-state index contributed by atoms with van der Waals surface area (Å²) in [4.78, 5) is 11.5. The van der Waals surface area contributed by atoms with Crippen molar-refractivity contribution in [1.82, 2.24) is 10.6 Å². The van der Waals surface area contributed by atoms with Gasteiger partial charge in [-0.3, -0.25) is 4.79 Å². The summed E-state index contributed by atoms with van der Waals surface area (Å²) in [5.41, 5.74) is 1.17. The lowest BCUT2D eigenvalue weighted by Crippen LogP contribution is -2.30. The van der Waals surface area contributed by atoms with Crippen molar-refractivity contribution >= 4 is 17.5 Å². The maximum Gasteiger partial charge on any atom is 0.221 e. The van der Waals surface area contributed by atoms with Crippen LogP contribution in [0.1, 0.15) is 12.0 Å². The van der Waals surface area contributed by atoms with Gasteiger partial charge in [0.2, 0.25) is 5.91 Å². The first-order valence-corrected chi connectivity index (χ1v) is 6.81. The summed E-state index contributed by atoms with van der Waals surface area (Å²) in [5.74, 6) is 0.0684. The third kappa shape index (κ3) is 7.82. The van der Waals surface area contributed by atoms with E-state index in [0.29, 0.717) is 26.1 Å². The van der Waals surface area contributed by atoms with Crippen LogP contribution in [-0.4, -0.2) is 39.3 Å². The minimum absolute atomic E-state index is 0.0684. The molecule has 0 aliphatic carbocycles. The molecule has 0 saturated heterocycles. The Morgan fingerprint density at radius 1 is 1.21 bits per heavy atom. The van der Waals surface area contributed by atoms with E-state index in [0.717, 1.165) is 18.0 Å². The topological polar surface area (TPSA) is 50.4 Å². The number of amides is 1. The van der Waals surface area contributed by atoms with Crippen LogP contribution < -0.4 is 10.6 Å². The van der Waals surface area contributed by atoms with Gasteiger partial charge in [-0.1, -0.05) is 23.7 Å². The van der Waals surface area contributed by atoms with Crippen LogP contribution in [0.5, 0.6) is 0 Å². The fraction of sp³-hybridized carbons (Fsp3) is 0.500. The minimum atomic E-state index is 0.0684. The SMILES string of the molecule is COCCNCCC(=O)NCCc1ccc(Cl)cc1. The summed E-state index contributed by atoms with van der Waals surface area (Å²) in [6, 6.07) is 7.67. The highest BCUT2D eigenvalue weighted by Crippen LogP contribution is 2.09. The van der Waals surface area contributed by atoms with Gasteiger partial charge in [-0.25, -0.2) is 0 Å². The number of rotatable bonds is 9. The van der Waals surface area contributed by atoms with E-state index in [2.05, 4.69) is 10.6 Å². The summed E-state index contributed by atoms with van der Waals surface area (Å²) in [6.45, 7) is 2.77. The molecule has 0 aliphatic heterocycles. The van der Waals surface area contributed by atoms with Crippen LogP contribution in [-0.2, 0) is 16.0 Å². The van der Waals surface area contributed by atoms with Crippen molar-refractivity contribution in [3.05, 3.63) is 34.9 Å². The minimum Gasteiger partial charge on any atom is -0.383 e. The molecule has 0 aromatic heterocycles. The summed E-state index contributed by atoms with van der Waals surface area (Å²) < 4.78 is 4.90. The van der Waals surface area contributed by atoms with Gasteiger partial charge in [0.1, 0.15) is 0 Å². The molecule has 1 aromatic rings. The van der Waals surface area contributed by atoms with E-state index in [9.17, 15) is 4.79 Å². The van der Waals surface area contributed by atoms with Crippen LogP contribution in [0.15, 0.2) is 24.3 Å². The molecule has 0 spiro atoms. The van der Waals surface area contributed by atoms with Crippen LogP contribution in [0.4, 0.5) is 0 Å². The lowest BCUT2D eigenvalue weighted by molar-refractivity contribution is -0.120. The number of halogens is 1. The number of hydrogen-bond acceptors (Lipinski definition) is 3. The van der Waals surface area contributed by atoms with Gasteiger partial charge in [-0.15, -0.1) is 0 Å². The lowest BCUT2D eigenvalue weighted by Gasteiger charge is -2.06. The smallest absolute Gasteiger partial charge is 0.221 e. The zero-order valence-electron chi connectivity index (χ0n) is 11.2. The van der Waals surface area contributed by atoms with Crippen molar-refractivity contribution in [1.29, 1.82) is 0 Å². The molecule has 0 radical (unpaired) electrons. The third-order valence-corrected chi connectivity index (χ3v) is 2.91. The molecule has 1 amide bonds. The van der Waals surface area contributed by atoms with Gasteiger partial charge in [-0.05, 0) is 24.1 Å². The number of carbonyl (C=O) groups excluding carboxylic acids is 1. The van der Waals surface area contributed by atoms with Gasteiger partial charge < -0.3 is 15.4 Å². The Bertz CT molecular complexity index is 368. The zero-order chi connectivity index (χ0) is 13.9. The molecule has 106 valence electrons. The molecule has 1 rings (SSSR count). The van der Waals surface area contributed by atoms with Crippen molar-refractivity contribution in [2.75, 3.05) is 33.4 Å². The second kappa shape index (κ2) is 9.78. The van der Waals surface area contributed by atoms with Gasteiger partial charge in [-0.2, -0.15) is 0 Å². The second-order valence-corrected chi connectivity index (χ2v) is 4.66. The van der Waals surface area contributed by atoms with E-state index in [4.69, 9.17) is 16.3 Å². The lowest BCUT2D eigenvalue weighted by atomic mass is 10.1. The Balaban J connectivity index is 2.05. The molecule has 0 atom stereocenters. The fourth-order valence-corrected chi connectivity index (χ4v) is 1.71. The summed E-state index contributed by atoms with van der Waals surface area (Å²) in [5, 5.41) is 6.76. The first-order valence-electron chi connectivity index (χ1n) is 6.43. The van der Waals surface area contributed by atoms with Crippen molar-refractivity contribution in [2.24, 2.45) is 0 Å². The van der Waals surface area contributed by atoms with E-state index >= 15 is 0 Å². The molecule has 0 heterocycles.